The van der Waals surface area contributed by atoms with Crippen LogP contribution in [0.1, 0.15) is 48.3 Å². The first-order valence-electron chi connectivity index (χ1n) is 9.55. The van der Waals surface area contributed by atoms with Crippen molar-refractivity contribution in [1.29, 1.82) is 0 Å². The lowest BCUT2D eigenvalue weighted by Gasteiger charge is -2.55. The van der Waals surface area contributed by atoms with E-state index in [9.17, 15) is 0 Å². The predicted octanol–water partition coefficient (Wildman–Crippen LogP) is 4.46. The molecule has 2 aromatic rings. The third kappa shape index (κ3) is 3.18. The van der Waals surface area contributed by atoms with Crippen LogP contribution in [0.3, 0.4) is 0 Å². The van der Waals surface area contributed by atoms with Crippen LogP contribution in [0, 0.1) is 18.8 Å². The molecule has 3 nitrogen and oxygen atoms in total. The number of hydrogen-bond acceptors (Lipinski definition) is 3. The van der Waals surface area contributed by atoms with Crippen LogP contribution in [-0.4, -0.2) is 18.1 Å². The van der Waals surface area contributed by atoms with Crippen LogP contribution in [0.5, 0.6) is 5.75 Å². The second-order valence-corrected chi connectivity index (χ2v) is 7.62. The summed E-state index contributed by atoms with van der Waals surface area (Å²) in [5.74, 6) is 3.26. The number of hydrogen-bond donors (Lipinski definition) is 1. The summed E-state index contributed by atoms with van der Waals surface area (Å²) in [6.45, 7) is 3.09. The molecule has 0 amide bonds. The SMILES string of the molecule is COc1ccc([C@H]2[C@H]3CCCC[C@@H]3[C@@H]2NCc2ccncc2C)cc1. The van der Waals surface area contributed by atoms with Gasteiger partial charge in [0.15, 0.2) is 0 Å². The lowest BCUT2D eigenvalue weighted by Crippen LogP contribution is -2.57. The first-order chi connectivity index (χ1) is 12.3. The summed E-state index contributed by atoms with van der Waals surface area (Å²) in [6, 6.07) is 11.5. The first-order valence-corrected chi connectivity index (χ1v) is 9.55. The smallest absolute Gasteiger partial charge is 0.118 e. The number of nitrogens with one attached hydrogen (secondary N) is 1. The monoisotopic (exact) mass is 336 g/mol. The molecule has 4 atom stereocenters. The summed E-state index contributed by atoms with van der Waals surface area (Å²) >= 11 is 0. The topological polar surface area (TPSA) is 34.1 Å². The Hall–Kier alpha value is -1.87. The zero-order valence-electron chi connectivity index (χ0n) is 15.2. The molecule has 1 N–H and O–H groups in total. The van der Waals surface area contributed by atoms with Gasteiger partial charge in [-0.3, -0.25) is 4.98 Å². The van der Waals surface area contributed by atoms with Gasteiger partial charge in [0.2, 0.25) is 0 Å². The lowest BCUT2D eigenvalue weighted by molar-refractivity contribution is 0.0253. The molecule has 0 aliphatic heterocycles. The number of nitrogens with zero attached hydrogens (tertiary/aromatic N) is 1. The van der Waals surface area contributed by atoms with Crippen LogP contribution in [0.25, 0.3) is 0 Å². The van der Waals surface area contributed by atoms with Crippen molar-refractivity contribution in [2.24, 2.45) is 11.8 Å². The molecule has 25 heavy (non-hydrogen) atoms. The number of aromatic nitrogens is 1. The minimum atomic E-state index is 0.589. The molecule has 0 unspecified atom stereocenters. The molecule has 132 valence electrons. The second-order valence-electron chi connectivity index (χ2n) is 7.62. The Bertz CT molecular complexity index is 712. The van der Waals surface area contributed by atoms with Crippen molar-refractivity contribution < 1.29 is 4.74 Å². The van der Waals surface area contributed by atoms with Crippen molar-refractivity contribution in [1.82, 2.24) is 10.3 Å². The molecule has 4 rings (SSSR count). The fraction of sp³-hybridized carbons (Fsp3) is 0.500. The van der Waals surface area contributed by atoms with E-state index in [1.165, 1.54) is 42.4 Å². The number of benzene rings is 1. The van der Waals surface area contributed by atoms with Crippen molar-refractivity contribution in [3.05, 3.63) is 59.4 Å². The lowest BCUT2D eigenvalue weighted by atomic mass is 9.53. The van der Waals surface area contributed by atoms with Gasteiger partial charge in [-0.05, 0) is 66.5 Å². The summed E-state index contributed by atoms with van der Waals surface area (Å²) in [5, 5.41) is 3.89. The highest BCUT2D eigenvalue weighted by molar-refractivity contribution is 5.34. The Kier molecular flexibility index (Phi) is 4.76. The molecule has 2 fully saturated rings. The quantitative estimate of drug-likeness (QED) is 0.875. The van der Waals surface area contributed by atoms with E-state index in [-0.39, 0.29) is 0 Å². The van der Waals surface area contributed by atoms with Gasteiger partial charge in [-0.15, -0.1) is 0 Å². The number of aryl methyl sites for hydroxylation is 1. The maximum Gasteiger partial charge on any atom is 0.118 e. The summed E-state index contributed by atoms with van der Waals surface area (Å²) < 4.78 is 5.33. The van der Waals surface area contributed by atoms with E-state index >= 15 is 0 Å². The number of pyridine rings is 1. The van der Waals surface area contributed by atoms with Crippen molar-refractivity contribution in [2.45, 2.75) is 51.1 Å². The molecule has 2 saturated carbocycles. The number of methoxy groups -OCH3 is 1. The Morgan fingerprint density at radius 3 is 2.56 bits per heavy atom. The second kappa shape index (κ2) is 7.17. The van der Waals surface area contributed by atoms with Crippen LogP contribution >= 0.6 is 0 Å². The molecule has 2 aliphatic rings. The largest absolute Gasteiger partial charge is 0.497 e. The van der Waals surface area contributed by atoms with Gasteiger partial charge in [0.05, 0.1) is 7.11 Å². The van der Waals surface area contributed by atoms with Gasteiger partial charge in [-0.2, -0.15) is 0 Å². The summed E-state index contributed by atoms with van der Waals surface area (Å²) in [7, 11) is 1.73. The van der Waals surface area contributed by atoms with Gasteiger partial charge in [0.25, 0.3) is 0 Å². The van der Waals surface area contributed by atoms with Gasteiger partial charge in [-0.25, -0.2) is 0 Å². The maximum atomic E-state index is 5.33. The van der Waals surface area contributed by atoms with Crippen LogP contribution in [0.4, 0.5) is 0 Å². The van der Waals surface area contributed by atoms with E-state index in [1.807, 2.05) is 12.4 Å². The normalized spacial score (nSPS) is 28.1. The number of rotatable bonds is 5. The molecule has 1 aromatic carbocycles. The van der Waals surface area contributed by atoms with Crippen LogP contribution in [0.2, 0.25) is 0 Å². The molecule has 1 heterocycles. The van der Waals surface area contributed by atoms with Crippen molar-refractivity contribution in [3.8, 4) is 5.75 Å². The Morgan fingerprint density at radius 1 is 1.08 bits per heavy atom. The van der Waals surface area contributed by atoms with E-state index < -0.39 is 0 Å². The summed E-state index contributed by atoms with van der Waals surface area (Å²) in [6.07, 6.45) is 9.41. The average molecular weight is 336 g/mol. The van der Waals surface area contributed by atoms with Crippen LogP contribution < -0.4 is 10.1 Å². The van der Waals surface area contributed by atoms with E-state index in [2.05, 4.69) is 47.6 Å². The molecule has 0 bridgehead atoms. The standard InChI is InChI=1S/C22H28N2O/c1-15-13-23-12-11-17(15)14-24-22-20-6-4-3-5-19(20)21(22)16-7-9-18(25-2)10-8-16/h7-13,19-22,24H,3-6,14H2,1-2H3/t19-,20-,21-,22-/m0/s1. The fourth-order valence-corrected chi connectivity index (χ4v) is 4.95. The molecule has 3 heteroatoms. The number of fused-ring (bicyclic) bond motifs is 1. The minimum absolute atomic E-state index is 0.589. The van der Waals surface area contributed by atoms with Crippen LogP contribution in [-0.2, 0) is 6.54 Å². The Morgan fingerprint density at radius 2 is 1.84 bits per heavy atom. The van der Waals surface area contributed by atoms with E-state index in [0.717, 1.165) is 24.1 Å². The molecule has 0 radical (unpaired) electrons. The van der Waals surface area contributed by atoms with Crippen LogP contribution in [0.15, 0.2) is 42.7 Å². The number of ether oxygens (including phenoxy) is 1. The predicted molar refractivity (Wildman–Crippen MR) is 101 cm³/mol. The minimum Gasteiger partial charge on any atom is -0.497 e. The molecule has 2 aliphatic carbocycles. The van der Waals surface area contributed by atoms with Crippen molar-refractivity contribution in [2.75, 3.05) is 7.11 Å². The van der Waals surface area contributed by atoms with E-state index in [0.29, 0.717) is 12.0 Å². The molecule has 0 spiro atoms. The van der Waals surface area contributed by atoms with E-state index in [4.69, 9.17) is 4.74 Å². The Labute approximate surface area is 150 Å². The summed E-state index contributed by atoms with van der Waals surface area (Å²) in [5.41, 5.74) is 4.10. The highest BCUT2D eigenvalue weighted by atomic mass is 16.5. The maximum absolute atomic E-state index is 5.33. The van der Waals surface area contributed by atoms with Crippen molar-refractivity contribution >= 4 is 0 Å². The van der Waals surface area contributed by atoms with Gasteiger partial charge < -0.3 is 10.1 Å². The molecular weight excluding hydrogens is 308 g/mol. The van der Waals surface area contributed by atoms with Gasteiger partial charge in [0.1, 0.15) is 5.75 Å². The third-order valence-electron chi connectivity index (χ3n) is 6.35. The zero-order chi connectivity index (χ0) is 17.2. The zero-order valence-corrected chi connectivity index (χ0v) is 15.2. The third-order valence-corrected chi connectivity index (χ3v) is 6.35. The molecule has 0 saturated heterocycles. The average Bonchev–Trinajstić information content (AvgIpc) is 2.65. The van der Waals surface area contributed by atoms with Crippen molar-refractivity contribution in [3.63, 3.8) is 0 Å². The molecule has 1 aromatic heterocycles. The van der Waals surface area contributed by atoms with Gasteiger partial charge in [-0.1, -0.05) is 25.0 Å². The first kappa shape index (κ1) is 16.6. The van der Waals surface area contributed by atoms with Gasteiger partial charge >= 0.3 is 0 Å². The fourth-order valence-electron chi connectivity index (χ4n) is 4.95. The highest BCUT2D eigenvalue weighted by Crippen LogP contribution is 2.54. The summed E-state index contributed by atoms with van der Waals surface area (Å²) in [4.78, 5) is 4.21. The van der Waals surface area contributed by atoms with Gasteiger partial charge in [0, 0.05) is 30.9 Å². The molecular formula is C22H28N2O. The van der Waals surface area contributed by atoms with E-state index in [1.54, 1.807) is 7.11 Å². The Balaban J connectivity index is 1.52. The highest BCUT2D eigenvalue weighted by Gasteiger charge is 2.50.